The number of hydrogen-bond acceptors (Lipinski definition) is 3. The highest BCUT2D eigenvalue weighted by atomic mass is 79.9. The van der Waals surface area contributed by atoms with Gasteiger partial charge < -0.3 is 15.4 Å². The Bertz CT molecular complexity index is 342. The fourth-order valence-corrected chi connectivity index (χ4v) is 1.93. The monoisotopic (exact) mass is 286 g/mol. The highest BCUT2D eigenvalue weighted by molar-refractivity contribution is 9.10. The third-order valence-corrected chi connectivity index (χ3v) is 3.02. The molecule has 1 aromatic carbocycles. The number of nitrogens with zero attached hydrogens (tertiary/aromatic N) is 1. The lowest BCUT2D eigenvalue weighted by molar-refractivity contribution is 0.206. The number of anilines is 1. The molecular formula is C12H19BrN2O. The second kappa shape index (κ2) is 6.23. The van der Waals surface area contributed by atoms with Gasteiger partial charge in [-0.15, -0.1) is 0 Å². The molecule has 0 aliphatic heterocycles. The predicted molar refractivity (Wildman–Crippen MR) is 71.9 cm³/mol. The highest BCUT2D eigenvalue weighted by Crippen LogP contribution is 2.27. The number of nitrogens with two attached hydrogens (primary N) is 1. The lowest BCUT2D eigenvalue weighted by atomic mass is 10.1. The maximum absolute atomic E-state index is 5.96. The highest BCUT2D eigenvalue weighted by Gasteiger charge is 2.10. The lowest BCUT2D eigenvalue weighted by Crippen LogP contribution is -2.24. The van der Waals surface area contributed by atoms with E-state index in [-0.39, 0.29) is 6.04 Å². The summed E-state index contributed by atoms with van der Waals surface area (Å²) >= 11 is 3.48. The molecule has 0 aliphatic rings. The van der Waals surface area contributed by atoms with Crippen LogP contribution in [0.25, 0.3) is 0 Å². The van der Waals surface area contributed by atoms with E-state index in [0.29, 0.717) is 6.61 Å². The van der Waals surface area contributed by atoms with Gasteiger partial charge in [0.2, 0.25) is 0 Å². The first-order valence-electron chi connectivity index (χ1n) is 5.31. The summed E-state index contributed by atoms with van der Waals surface area (Å²) in [5.41, 5.74) is 8.27. The average Bonchev–Trinajstić information content (AvgIpc) is 2.25. The molecule has 0 radical (unpaired) electrons. The molecule has 0 fully saturated rings. The molecule has 4 heteroatoms. The molecule has 3 nitrogen and oxygen atoms in total. The molecule has 1 unspecified atom stereocenters. The number of benzene rings is 1. The number of hydrogen-bond donors (Lipinski definition) is 1. The van der Waals surface area contributed by atoms with Crippen molar-refractivity contribution in [3.8, 4) is 0 Å². The lowest BCUT2D eigenvalue weighted by Gasteiger charge is -2.24. The summed E-state index contributed by atoms with van der Waals surface area (Å²) in [4.78, 5) is 2.16. The topological polar surface area (TPSA) is 38.5 Å². The molecule has 0 heterocycles. The van der Waals surface area contributed by atoms with E-state index < -0.39 is 0 Å². The van der Waals surface area contributed by atoms with E-state index in [1.165, 1.54) is 0 Å². The van der Waals surface area contributed by atoms with E-state index in [1.807, 2.05) is 20.0 Å². The van der Waals surface area contributed by atoms with Crippen molar-refractivity contribution in [3.63, 3.8) is 0 Å². The summed E-state index contributed by atoms with van der Waals surface area (Å²) in [5.74, 6) is 0. The molecule has 0 saturated carbocycles. The minimum atomic E-state index is 0.0353. The summed E-state index contributed by atoms with van der Waals surface area (Å²) in [6, 6.07) is 6.21. The molecule has 1 rings (SSSR count). The first kappa shape index (κ1) is 13.5. The van der Waals surface area contributed by atoms with Gasteiger partial charge in [0.05, 0.1) is 6.61 Å². The van der Waals surface area contributed by atoms with Crippen LogP contribution in [-0.2, 0) is 4.74 Å². The van der Waals surface area contributed by atoms with Gasteiger partial charge in [0.25, 0.3) is 0 Å². The zero-order valence-electron chi connectivity index (χ0n) is 10.0. The Balaban J connectivity index is 2.95. The number of likely N-dealkylation sites (N-methyl/N-ethyl adjacent to an activating group) is 1. The van der Waals surface area contributed by atoms with Crippen LogP contribution in [-0.4, -0.2) is 27.3 Å². The van der Waals surface area contributed by atoms with Gasteiger partial charge in [0, 0.05) is 36.9 Å². The van der Waals surface area contributed by atoms with Crippen molar-refractivity contribution in [3.05, 3.63) is 28.2 Å². The molecule has 1 atom stereocenters. The molecule has 0 saturated heterocycles. The minimum Gasteiger partial charge on any atom is -0.383 e. The Kier molecular flexibility index (Phi) is 5.25. The standard InChI is InChI=1S/C12H19BrN2O/c1-9(14)11-5-4-10(13)8-12(11)15(2)6-7-16-3/h4-5,8-9H,6-7,14H2,1-3H3. The van der Waals surface area contributed by atoms with Gasteiger partial charge >= 0.3 is 0 Å². The van der Waals surface area contributed by atoms with Crippen molar-refractivity contribution in [2.24, 2.45) is 5.73 Å². The Morgan fingerprint density at radius 1 is 1.50 bits per heavy atom. The van der Waals surface area contributed by atoms with Crippen molar-refractivity contribution in [1.29, 1.82) is 0 Å². The van der Waals surface area contributed by atoms with E-state index in [0.717, 1.165) is 22.3 Å². The summed E-state index contributed by atoms with van der Waals surface area (Å²) in [6.45, 7) is 3.56. The Morgan fingerprint density at radius 3 is 2.75 bits per heavy atom. The van der Waals surface area contributed by atoms with E-state index in [4.69, 9.17) is 10.5 Å². The molecule has 90 valence electrons. The second-order valence-electron chi connectivity index (χ2n) is 3.91. The number of halogens is 1. The number of methoxy groups -OCH3 is 1. The summed E-state index contributed by atoms with van der Waals surface area (Å²) in [7, 11) is 3.76. The van der Waals surface area contributed by atoms with Crippen LogP contribution in [0.5, 0.6) is 0 Å². The maximum Gasteiger partial charge on any atom is 0.0637 e. The zero-order valence-corrected chi connectivity index (χ0v) is 11.6. The van der Waals surface area contributed by atoms with Crippen LogP contribution in [0.2, 0.25) is 0 Å². The summed E-state index contributed by atoms with van der Waals surface area (Å²) in [5, 5.41) is 0. The minimum absolute atomic E-state index is 0.0353. The van der Waals surface area contributed by atoms with Crippen molar-refractivity contribution in [2.45, 2.75) is 13.0 Å². The number of rotatable bonds is 5. The van der Waals surface area contributed by atoms with Crippen molar-refractivity contribution < 1.29 is 4.74 Å². The fraction of sp³-hybridized carbons (Fsp3) is 0.500. The van der Waals surface area contributed by atoms with Crippen LogP contribution in [0, 0.1) is 0 Å². The van der Waals surface area contributed by atoms with E-state index in [9.17, 15) is 0 Å². The van der Waals surface area contributed by atoms with Crippen molar-refractivity contribution in [1.82, 2.24) is 0 Å². The third-order valence-electron chi connectivity index (χ3n) is 2.53. The molecule has 2 N–H and O–H groups in total. The molecule has 0 bridgehead atoms. The van der Waals surface area contributed by atoms with Crippen LogP contribution in [0.15, 0.2) is 22.7 Å². The van der Waals surface area contributed by atoms with Crippen LogP contribution < -0.4 is 10.6 Å². The second-order valence-corrected chi connectivity index (χ2v) is 4.82. The first-order valence-corrected chi connectivity index (χ1v) is 6.10. The molecule has 0 aromatic heterocycles. The van der Waals surface area contributed by atoms with Crippen LogP contribution in [0.1, 0.15) is 18.5 Å². The summed E-state index contributed by atoms with van der Waals surface area (Å²) in [6.07, 6.45) is 0. The molecule has 1 aromatic rings. The smallest absolute Gasteiger partial charge is 0.0637 e. The SMILES string of the molecule is COCCN(C)c1cc(Br)ccc1C(C)N. The first-order chi connectivity index (χ1) is 7.56. The Labute approximate surface area is 106 Å². The van der Waals surface area contributed by atoms with Gasteiger partial charge in [-0.1, -0.05) is 22.0 Å². The molecule has 16 heavy (non-hydrogen) atoms. The van der Waals surface area contributed by atoms with Gasteiger partial charge in [-0.25, -0.2) is 0 Å². The molecule has 0 spiro atoms. The largest absolute Gasteiger partial charge is 0.383 e. The average molecular weight is 287 g/mol. The van der Waals surface area contributed by atoms with E-state index >= 15 is 0 Å². The van der Waals surface area contributed by atoms with Gasteiger partial charge in [-0.3, -0.25) is 0 Å². The van der Waals surface area contributed by atoms with E-state index in [2.05, 4.69) is 33.0 Å². The van der Waals surface area contributed by atoms with Crippen molar-refractivity contribution >= 4 is 21.6 Å². The predicted octanol–water partition coefficient (Wildman–Crippen LogP) is 2.55. The zero-order chi connectivity index (χ0) is 12.1. The summed E-state index contributed by atoms with van der Waals surface area (Å²) < 4.78 is 6.15. The molecular weight excluding hydrogens is 268 g/mol. The van der Waals surface area contributed by atoms with Crippen molar-refractivity contribution in [2.75, 3.05) is 32.2 Å². The van der Waals surface area contributed by atoms with Gasteiger partial charge in [0.15, 0.2) is 0 Å². The van der Waals surface area contributed by atoms with Gasteiger partial charge in [-0.05, 0) is 24.6 Å². The van der Waals surface area contributed by atoms with Crippen LogP contribution >= 0.6 is 15.9 Å². The molecule has 0 amide bonds. The fourth-order valence-electron chi connectivity index (χ4n) is 1.58. The quantitative estimate of drug-likeness (QED) is 0.904. The van der Waals surface area contributed by atoms with Crippen LogP contribution in [0.3, 0.4) is 0 Å². The van der Waals surface area contributed by atoms with Gasteiger partial charge in [-0.2, -0.15) is 0 Å². The Hall–Kier alpha value is -0.580. The normalized spacial score (nSPS) is 12.6. The molecule has 0 aliphatic carbocycles. The van der Waals surface area contributed by atoms with Crippen LogP contribution in [0.4, 0.5) is 5.69 Å². The maximum atomic E-state index is 5.96. The van der Waals surface area contributed by atoms with Gasteiger partial charge in [0.1, 0.15) is 0 Å². The van der Waals surface area contributed by atoms with E-state index in [1.54, 1.807) is 7.11 Å². The number of ether oxygens (including phenoxy) is 1. The third kappa shape index (κ3) is 3.47. The Morgan fingerprint density at radius 2 is 2.19 bits per heavy atom.